The lowest BCUT2D eigenvalue weighted by molar-refractivity contribution is -0.138. The molecule has 0 saturated carbocycles. The van der Waals surface area contributed by atoms with Gasteiger partial charge in [0, 0.05) is 25.3 Å². The standard InChI is InChI=1S/C15H15NO3/c1-18-12-7-8-15(14(17)9-12)10-13(16-19-15)11-5-3-2-4-6-11/h2-6,9H,7-8,10H2,1H3. The van der Waals surface area contributed by atoms with Gasteiger partial charge in [0.1, 0.15) is 0 Å². The minimum atomic E-state index is -0.812. The molecule has 2 aliphatic rings. The number of hydrogen-bond acceptors (Lipinski definition) is 4. The van der Waals surface area contributed by atoms with Crippen LogP contribution < -0.4 is 0 Å². The van der Waals surface area contributed by atoms with Crippen molar-refractivity contribution in [1.29, 1.82) is 0 Å². The molecule has 0 N–H and O–H groups in total. The molecule has 4 heteroatoms. The van der Waals surface area contributed by atoms with E-state index >= 15 is 0 Å². The molecule has 98 valence electrons. The van der Waals surface area contributed by atoms with Gasteiger partial charge in [-0.25, -0.2) is 0 Å². The van der Waals surface area contributed by atoms with E-state index < -0.39 is 5.60 Å². The van der Waals surface area contributed by atoms with Gasteiger partial charge in [0.25, 0.3) is 0 Å². The van der Waals surface area contributed by atoms with Crippen molar-refractivity contribution in [3.63, 3.8) is 0 Å². The molecule has 1 aromatic carbocycles. The van der Waals surface area contributed by atoms with Crippen LogP contribution in [0.25, 0.3) is 0 Å². The number of methoxy groups -OCH3 is 1. The topological polar surface area (TPSA) is 47.9 Å². The van der Waals surface area contributed by atoms with Gasteiger partial charge in [-0.05, 0) is 5.56 Å². The lowest BCUT2D eigenvalue weighted by Gasteiger charge is -2.27. The van der Waals surface area contributed by atoms with Crippen molar-refractivity contribution in [3.8, 4) is 0 Å². The van der Waals surface area contributed by atoms with Crippen molar-refractivity contribution >= 4 is 11.5 Å². The lowest BCUT2D eigenvalue weighted by atomic mass is 9.82. The highest BCUT2D eigenvalue weighted by molar-refractivity contribution is 6.08. The number of benzene rings is 1. The van der Waals surface area contributed by atoms with Crippen LogP contribution in [0.2, 0.25) is 0 Å². The molecule has 1 aliphatic heterocycles. The molecule has 19 heavy (non-hydrogen) atoms. The number of oxime groups is 1. The highest BCUT2D eigenvalue weighted by Crippen LogP contribution is 2.36. The molecule has 0 saturated heterocycles. The van der Waals surface area contributed by atoms with Crippen molar-refractivity contribution in [2.45, 2.75) is 24.9 Å². The van der Waals surface area contributed by atoms with Crippen molar-refractivity contribution in [1.82, 2.24) is 0 Å². The van der Waals surface area contributed by atoms with Gasteiger partial charge >= 0.3 is 0 Å². The fraction of sp³-hybridized carbons (Fsp3) is 0.333. The Labute approximate surface area is 111 Å². The summed E-state index contributed by atoms with van der Waals surface area (Å²) in [5, 5.41) is 4.11. The number of rotatable bonds is 2. The van der Waals surface area contributed by atoms with Crippen LogP contribution in [0.5, 0.6) is 0 Å². The predicted octanol–water partition coefficient (Wildman–Crippen LogP) is 2.44. The van der Waals surface area contributed by atoms with Gasteiger partial charge in [-0.2, -0.15) is 0 Å². The summed E-state index contributed by atoms with van der Waals surface area (Å²) in [6.07, 6.45) is 3.39. The molecule has 0 amide bonds. The van der Waals surface area contributed by atoms with E-state index in [-0.39, 0.29) is 5.78 Å². The maximum Gasteiger partial charge on any atom is 0.205 e. The second-order valence-electron chi connectivity index (χ2n) is 4.85. The molecular weight excluding hydrogens is 242 g/mol. The Hall–Kier alpha value is -2.10. The largest absolute Gasteiger partial charge is 0.501 e. The Morgan fingerprint density at radius 3 is 2.79 bits per heavy atom. The van der Waals surface area contributed by atoms with Crippen molar-refractivity contribution in [2.75, 3.05) is 7.11 Å². The molecule has 1 aromatic rings. The van der Waals surface area contributed by atoms with Crippen molar-refractivity contribution in [2.24, 2.45) is 5.16 Å². The van der Waals surface area contributed by atoms with E-state index in [4.69, 9.17) is 9.57 Å². The van der Waals surface area contributed by atoms with Gasteiger partial charge in [-0.15, -0.1) is 0 Å². The Kier molecular flexibility index (Phi) is 2.85. The first-order valence-corrected chi connectivity index (χ1v) is 6.33. The lowest BCUT2D eigenvalue weighted by Crippen LogP contribution is -2.40. The van der Waals surface area contributed by atoms with Gasteiger partial charge in [-0.3, -0.25) is 4.79 Å². The minimum Gasteiger partial charge on any atom is -0.501 e. The second-order valence-corrected chi connectivity index (χ2v) is 4.85. The van der Waals surface area contributed by atoms with Crippen LogP contribution in [0.15, 0.2) is 47.3 Å². The zero-order valence-electron chi connectivity index (χ0n) is 10.8. The minimum absolute atomic E-state index is 0.0507. The van der Waals surface area contributed by atoms with Crippen LogP contribution in [0.4, 0.5) is 0 Å². The third-order valence-corrected chi connectivity index (χ3v) is 3.67. The number of hydrogen-bond donors (Lipinski definition) is 0. The molecule has 0 aromatic heterocycles. The van der Waals surface area contributed by atoms with Gasteiger partial charge in [-0.1, -0.05) is 35.5 Å². The molecular formula is C15H15NO3. The molecule has 1 spiro atoms. The van der Waals surface area contributed by atoms with E-state index in [1.54, 1.807) is 7.11 Å². The highest BCUT2D eigenvalue weighted by atomic mass is 16.7. The van der Waals surface area contributed by atoms with E-state index in [0.717, 1.165) is 11.3 Å². The smallest absolute Gasteiger partial charge is 0.205 e. The molecule has 1 atom stereocenters. The van der Waals surface area contributed by atoms with E-state index in [2.05, 4.69) is 5.16 Å². The first kappa shape index (κ1) is 12.0. The second kappa shape index (κ2) is 4.53. The number of nitrogens with zero attached hydrogens (tertiary/aromatic N) is 1. The van der Waals surface area contributed by atoms with Crippen LogP contribution in [0, 0.1) is 0 Å². The van der Waals surface area contributed by atoms with E-state index in [9.17, 15) is 4.79 Å². The number of ether oxygens (including phenoxy) is 1. The highest BCUT2D eigenvalue weighted by Gasteiger charge is 2.47. The van der Waals surface area contributed by atoms with Crippen molar-refractivity contribution in [3.05, 3.63) is 47.7 Å². The summed E-state index contributed by atoms with van der Waals surface area (Å²) in [6.45, 7) is 0. The first-order chi connectivity index (χ1) is 9.23. The summed E-state index contributed by atoms with van der Waals surface area (Å²) in [5.41, 5.74) is 1.03. The monoisotopic (exact) mass is 257 g/mol. The fourth-order valence-electron chi connectivity index (χ4n) is 2.49. The third kappa shape index (κ3) is 2.03. The number of ketones is 1. The quantitative estimate of drug-likeness (QED) is 0.817. The summed E-state index contributed by atoms with van der Waals surface area (Å²) in [5.74, 6) is 0.665. The van der Waals surface area contributed by atoms with Crippen molar-refractivity contribution < 1.29 is 14.4 Å². The molecule has 3 rings (SSSR count). The Morgan fingerprint density at radius 1 is 1.32 bits per heavy atom. The van der Waals surface area contributed by atoms with Crippen LogP contribution in [0.1, 0.15) is 24.8 Å². The molecule has 0 radical (unpaired) electrons. The van der Waals surface area contributed by atoms with Crippen LogP contribution in [0.3, 0.4) is 0 Å². The van der Waals surface area contributed by atoms with E-state index in [1.807, 2.05) is 30.3 Å². The van der Waals surface area contributed by atoms with Gasteiger partial charge in [0.15, 0.2) is 0 Å². The number of allylic oxidation sites excluding steroid dienone is 1. The Balaban J connectivity index is 1.81. The van der Waals surface area contributed by atoms with Crippen LogP contribution in [-0.4, -0.2) is 24.2 Å². The molecule has 0 fully saturated rings. The summed E-state index contributed by atoms with van der Waals surface area (Å²) in [7, 11) is 1.58. The zero-order valence-corrected chi connectivity index (χ0v) is 10.8. The average molecular weight is 257 g/mol. The zero-order chi connectivity index (χ0) is 13.3. The molecule has 1 aliphatic carbocycles. The van der Waals surface area contributed by atoms with Gasteiger partial charge in [0.05, 0.1) is 18.6 Å². The maximum atomic E-state index is 12.2. The average Bonchev–Trinajstić information content (AvgIpc) is 2.89. The molecule has 1 unspecified atom stereocenters. The summed E-state index contributed by atoms with van der Waals surface area (Å²) in [4.78, 5) is 17.7. The molecule has 0 bridgehead atoms. The van der Waals surface area contributed by atoms with E-state index in [0.29, 0.717) is 25.0 Å². The third-order valence-electron chi connectivity index (χ3n) is 3.67. The SMILES string of the molecule is COC1=CC(=O)C2(CC1)CC(c1ccccc1)=NO2. The normalized spacial score (nSPS) is 25.8. The maximum absolute atomic E-state index is 12.2. The van der Waals surface area contributed by atoms with Gasteiger partial charge in [0.2, 0.25) is 11.4 Å². The Bertz CT molecular complexity index is 562. The predicted molar refractivity (Wildman–Crippen MR) is 70.7 cm³/mol. The molecule has 4 nitrogen and oxygen atoms in total. The fourth-order valence-corrected chi connectivity index (χ4v) is 2.49. The number of carbonyl (C=O) groups is 1. The summed E-state index contributed by atoms with van der Waals surface area (Å²) in [6, 6.07) is 9.81. The van der Waals surface area contributed by atoms with E-state index in [1.165, 1.54) is 6.08 Å². The Morgan fingerprint density at radius 2 is 2.11 bits per heavy atom. The summed E-state index contributed by atoms with van der Waals surface area (Å²) >= 11 is 0. The number of carbonyl (C=O) groups excluding carboxylic acids is 1. The first-order valence-electron chi connectivity index (χ1n) is 6.33. The van der Waals surface area contributed by atoms with Crippen LogP contribution >= 0.6 is 0 Å². The van der Waals surface area contributed by atoms with Crippen LogP contribution in [-0.2, 0) is 14.4 Å². The van der Waals surface area contributed by atoms with Gasteiger partial charge < -0.3 is 9.57 Å². The molecule has 1 heterocycles. The summed E-state index contributed by atoms with van der Waals surface area (Å²) < 4.78 is 5.12.